The van der Waals surface area contributed by atoms with Gasteiger partial charge in [0.2, 0.25) is 18.6 Å². The van der Waals surface area contributed by atoms with Crippen molar-refractivity contribution in [2.75, 3.05) is 26.5 Å². The molecule has 1 atom stereocenters. The molecule has 0 N–H and O–H groups in total. The second-order valence-electron chi connectivity index (χ2n) is 9.83. The summed E-state index contributed by atoms with van der Waals surface area (Å²) in [7, 11) is 0. The number of hydrogen-bond acceptors (Lipinski definition) is 7. The summed E-state index contributed by atoms with van der Waals surface area (Å²) >= 11 is 6.12. The molecule has 2 aromatic carbocycles. The minimum absolute atomic E-state index is 0.00615. The van der Waals surface area contributed by atoms with E-state index in [1.54, 1.807) is 34.1 Å². The number of benzene rings is 2. The number of ether oxygens (including phenoxy) is 3. The molecule has 10 heteroatoms. The smallest absolute Gasteiger partial charge is 0.242 e. The molecule has 39 heavy (non-hydrogen) atoms. The Morgan fingerprint density at radius 3 is 2.67 bits per heavy atom. The third kappa shape index (κ3) is 6.37. The SMILES string of the molecule is CCCC(=O)N(CC(=O)N(Cc1ccc2c(c1)OCO2)Cc1coc2ccc(Cl)cc2c1=O)CC1CCCO1. The maximum Gasteiger partial charge on any atom is 0.242 e. The molecule has 2 aliphatic rings. The van der Waals surface area contributed by atoms with Crippen LogP contribution >= 0.6 is 11.6 Å². The summed E-state index contributed by atoms with van der Waals surface area (Å²) < 4.78 is 22.4. The molecular formula is C29H31ClN2O7. The standard InChI is InChI=1S/C29H31ClN2O7/c1-2-4-27(33)32(15-22-5-3-10-36-22)16-28(34)31(13-19-6-8-25-26(11-19)39-18-38-25)14-20-17-37-24-9-7-21(30)12-23(24)29(20)35/h6-9,11-12,17,22H,2-5,10,13-16,18H2,1H3. The normalized spacial score (nSPS) is 16.0. The van der Waals surface area contributed by atoms with Crippen molar-refractivity contribution in [1.82, 2.24) is 9.80 Å². The molecule has 9 nitrogen and oxygen atoms in total. The van der Waals surface area contributed by atoms with Gasteiger partial charge in [0.05, 0.1) is 36.4 Å². The number of fused-ring (bicyclic) bond motifs is 2. The number of hydrogen-bond donors (Lipinski definition) is 0. The highest BCUT2D eigenvalue weighted by Gasteiger charge is 2.27. The predicted octanol–water partition coefficient (Wildman–Crippen LogP) is 4.51. The van der Waals surface area contributed by atoms with Crippen LogP contribution in [-0.4, -0.2) is 54.2 Å². The summed E-state index contributed by atoms with van der Waals surface area (Å²) in [4.78, 5) is 43.2. The molecule has 0 aliphatic carbocycles. The lowest BCUT2D eigenvalue weighted by atomic mass is 10.1. The van der Waals surface area contributed by atoms with E-state index in [0.29, 0.717) is 59.0 Å². The molecular weight excluding hydrogens is 524 g/mol. The monoisotopic (exact) mass is 554 g/mol. The minimum Gasteiger partial charge on any atom is -0.464 e. The van der Waals surface area contributed by atoms with Gasteiger partial charge in [-0.15, -0.1) is 0 Å². The summed E-state index contributed by atoms with van der Waals surface area (Å²) in [6, 6.07) is 10.3. The summed E-state index contributed by atoms with van der Waals surface area (Å²) in [5.41, 5.74) is 1.26. The molecule has 5 rings (SSSR count). The van der Waals surface area contributed by atoms with Gasteiger partial charge in [0, 0.05) is 31.1 Å². The number of carbonyl (C=O) groups is 2. The molecule has 2 aliphatic heterocycles. The average Bonchev–Trinajstić information content (AvgIpc) is 3.61. The van der Waals surface area contributed by atoms with Crippen LogP contribution in [-0.2, 0) is 27.4 Å². The van der Waals surface area contributed by atoms with Crippen LogP contribution in [0.5, 0.6) is 11.5 Å². The van der Waals surface area contributed by atoms with Gasteiger partial charge < -0.3 is 28.4 Å². The van der Waals surface area contributed by atoms with E-state index in [9.17, 15) is 14.4 Å². The molecule has 1 fully saturated rings. The highest BCUT2D eigenvalue weighted by Crippen LogP contribution is 2.33. The number of rotatable bonds is 10. The number of halogens is 1. The van der Waals surface area contributed by atoms with Crippen molar-refractivity contribution in [2.45, 2.75) is 51.8 Å². The topological polar surface area (TPSA) is 98.5 Å². The molecule has 0 bridgehead atoms. The minimum atomic E-state index is -0.291. The summed E-state index contributed by atoms with van der Waals surface area (Å²) in [5.74, 6) is 0.847. The van der Waals surface area contributed by atoms with Gasteiger partial charge in [-0.05, 0) is 55.2 Å². The lowest BCUT2D eigenvalue weighted by Gasteiger charge is -2.29. The Balaban J connectivity index is 1.43. The quantitative estimate of drug-likeness (QED) is 0.363. The van der Waals surface area contributed by atoms with Gasteiger partial charge in [0.1, 0.15) is 5.58 Å². The van der Waals surface area contributed by atoms with Crippen molar-refractivity contribution in [3.05, 3.63) is 69.0 Å². The Bertz CT molecular complexity index is 1420. The van der Waals surface area contributed by atoms with E-state index in [0.717, 1.165) is 18.4 Å². The number of amides is 2. The van der Waals surface area contributed by atoms with Crippen molar-refractivity contribution in [3.63, 3.8) is 0 Å². The first-order chi connectivity index (χ1) is 18.9. The van der Waals surface area contributed by atoms with E-state index < -0.39 is 0 Å². The molecule has 3 aromatic rings. The molecule has 0 radical (unpaired) electrons. The van der Waals surface area contributed by atoms with Crippen LogP contribution in [0.2, 0.25) is 5.02 Å². The third-order valence-corrected chi connectivity index (χ3v) is 7.16. The maximum absolute atomic E-state index is 13.8. The second-order valence-corrected chi connectivity index (χ2v) is 10.3. The van der Waals surface area contributed by atoms with Crippen LogP contribution in [0.4, 0.5) is 0 Å². The maximum atomic E-state index is 13.8. The van der Waals surface area contributed by atoms with Crippen LogP contribution in [0.25, 0.3) is 11.0 Å². The average molecular weight is 555 g/mol. The zero-order valence-corrected chi connectivity index (χ0v) is 22.6. The van der Waals surface area contributed by atoms with E-state index in [1.165, 1.54) is 6.26 Å². The molecule has 1 saturated heterocycles. The van der Waals surface area contributed by atoms with Crippen molar-refractivity contribution < 1.29 is 28.2 Å². The first-order valence-corrected chi connectivity index (χ1v) is 13.5. The summed E-state index contributed by atoms with van der Waals surface area (Å²) in [5, 5.41) is 0.757. The Kier molecular flexibility index (Phi) is 8.38. The fourth-order valence-corrected chi connectivity index (χ4v) is 5.05. The van der Waals surface area contributed by atoms with Crippen LogP contribution in [0.3, 0.4) is 0 Å². The first-order valence-electron chi connectivity index (χ1n) is 13.2. The van der Waals surface area contributed by atoms with Crippen molar-refractivity contribution >= 4 is 34.4 Å². The zero-order chi connectivity index (χ0) is 27.4. The Morgan fingerprint density at radius 2 is 1.87 bits per heavy atom. The highest BCUT2D eigenvalue weighted by atomic mass is 35.5. The van der Waals surface area contributed by atoms with Crippen molar-refractivity contribution in [3.8, 4) is 11.5 Å². The Hall–Kier alpha value is -3.56. The van der Waals surface area contributed by atoms with E-state index in [-0.39, 0.29) is 49.8 Å². The number of carbonyl (C=O) groups excluding carboxylic acids is 2. The Morgan fingerprint density at radius 1 is 1.03 bits per heavy atom. The molecule has 0 saturated carbocycles. The fraction of sp³-hybridized carbons (Fsp3) is 0.414. The van der Waals surface area contributed by atoms with Crippen LogP contribution < -0.4 is 14.9 Å². The van der Waals surface area contributed by atoms with E-state index in [2.05, 4.69) is 0 Å². The molecule has 206 valence electrons. The van der Waals surface area contributed by atoms with E-state index in [1.807, 2.05) is 19.1 Å². The largest absolute Gasteiger partial charge is 0.464 e. The molecule has 2 amide bonds. The lowest BCUT2D eigenvalue weighted by molar-refractivity contribution is -0.142. The van der Waals surface area contributed by atoms with Gasteiger partial charge in [0.15, 0.2) is 16.9 Å². The molecule has 1 unspecified atom stereocenters. The molecule has 3 heterocycles. The van der Waals surface area contributed by atoms with Crippen molar-refractivity contribution in [1.29, 1.82) is 0 Å². The van der Waals surface area contributed by atoms with Crippen LogP contribution in [0.1, 0.15) is 43.7 Å². The fourth-order valence-electron chi connectivity index (χ4n) is 4.87. The van der Waals surface area contributed by atoms with Gasteiger partial charge in [0.25, 0.3) is 0 Å². The second kappa shape index (κ2) is 12.1. The third-order valence-electron chi connectivity index (χ3n) is 6.92. The van der Waals surface area contributed by atoms with Gasteiger partial charge in [-0.3, -0.25) is 14.4 Å². The van der Waals surface area contributed by atoms with Gasteiger partial charge in [-0.25, -0.2) is 0 Å². The lowest BCUT2D eigenvalue weighted by Crippen LogP contribution is -2.45. The summed E-state index contributed by atoms with van der Waals surface area (Å²) in [6.07, 6.45) is 4.11. The van der Waals surface area contributed by atoms with Gasteiger partial charge in [-0.2, -0.15) is 0 Å². The zero-order valence-electron chi connectivity index (χ0n) is 21.8. The Labute approximate surface area is 231 Å². The van der Waals surface area contributed by atoms with Crippen molar-refractivity contribution in [2.24, 2.45) is 0 Å². The predicted molar refractivity (Wildman–Crippen MR) is 145 cm³/mol. The summed E-state index contributed by atoms with van der Waals surface area (Å²) in [6.45, 7) is 3.16. The number of nitrogens with zero attached hydrogens (tertiary/aromatic N) is 2. The van der Waals surface area contributed by atoms with E-state index >= 15 is 0 Å². The van der Waals surface area contributed by atoms with Gasteiger partial charge in [-0.1, -0.05) is 24.6 Å². The first kappa shape index (κ1) is 27.0. The van der Waals surface area contributed by atoms with Crippen LogP contribution in [0.15, 0.2) is 51.9 Å². The van der Waals surface area contributed by atoms with E-state index in [4.69, 9.17) is 30.2 Å². The van der Waals surface area contributed by atoms with Gasteiger partial charge >= 0.3 is 0 Å². The highest BCUT2D eigenvalue weighted by molar-refractivity contribution is 6.31. The van der Waals surface area contributed by atoms with Crippen LogP contribution in [0, 0.1) is 0 Å². The molecule has 1 aromatic heterocycles. The molecule has 0 spiro atoms.